The predicted molar refractivity (Wildman–Crippen MR) is 97.9 cm³/mol. The van der Waals surface area contributed by atoms with Gasteiger partial charge in [-0.2, -0.15) is 0 Å². The molecule has 1 atom stereocenters. The van der Waals surface area contributed by atoms with Gasteiger partial charge in [-0.25, -0.2) is 9.78 Å². The summed E-state index contributed by atoms with van der Waals surface area (Å²) in [4.78, 5) is 30.0. The van der Waals surface area contributed by atoms with Gasteiger partial charge in [-0.3, -0.25) is 4.79 Å². The van der Waals surface area contributed by atoms with E-state index in [4.69, 9.17) is 0 Å². The van der Waals surface area contributed by atoms with Gasteiger partial charge in [-0.05, 0) is 31.2 Å². The number of nitrogens with zero attached hydrogens (tertiary/aromatic N) is 2. The van der Waals surface area contributed by atoms with Crippen LogP contribution >= 0.6 is 11.3 Å². The number of benzene rings is 1. The molecule has 1 heterocycles. The van der Waals surface area contributed by atoms with Crippen molar-refractivity contribution in [3.05, 3.63) is 40.9 Å². The Morgan fingerprint density at radius 3 is 2.36 bits per heavy atom. The molecule has 1 fully saturated rings. The molecule has 132 valence electrons. The topological polar surface area (TPSA) is 70.5 Å². The first-order valence-corrected chi connectivity index (χ1v) is 9.37. The second kappa shape index (κ2) is 6.96. The fraction of sp³-hybridized carbons (Fsp3) is 0.421. The fourth-order valence-corrected chi connectivity index (χ4v) is 3.58. The molecule has 1 aromatic carbocycles. The third-order valence-corrected chi connectivity index (χ3v) is 5.39. The Balaban J connectivity index is 1.82. The van der Waals surface area contributed by atoms with Crippen molar-refractivity contribution in [2.24, 2.45) is 0 Å². The van der Waals surface area contributed by atoms with Gasteiger partial charge in [0.25, 0.3) is 5.91 Å². The lowest BCUT2D eigenvalue weighted by atomic mass is 10.0. The van der Waals surface area contributed by atoms with Crippen molar-refractivity contribution in [1.29, 1.82) is 0 Å². The highest BCUT2D eigenvalue weighted by Gasteiger charge is 2.39. The molecule has 0 radical (unpaired) electrons. The summed E-state index contributed by atoms with van der Waals surface area (Å²) < 4.78 is 0. The van der Waals surface area contributed by atoms with E-state index >= 15 is 0 Å². The average Bonchev–Trinajstić information content (AvgIpc) is 3.29. The number of hydrogen-bond donors (Lipinski definition) is 1. The van der Waals surface area contributed by atoms with E-state index in [1.807, 2.05) is 12.1 Å². The maximum Gasteiger partial charge on any atom is 0.326 e. The van der Waals surface area contributed by atoms with Gasteiger partial charge in [0.15, 0.2) is 0 Å². The number of thiazole rings is 1. The van der Waals surface area contributed by atoms with Gasteiger partial charge in [0.2, 0.25) is 0 Å². The zero-order valence-corrected chi connectivity index (χ0v) is 15.4. The van der Waals surface area contributed by atoms with Crippen molar-refractivity contribution in [1.82, 2.24) is 9.88 Å². The highest BCUT2D eigenvalue weighted by atomic mass is 32.1. The molecule has 0 bridgehead atoms. The van der Waals surface area contributed by atoms with Crippen molar-refractivity contribution in [3.8, 4) is 10.6 Å². The first-order valence-electron chi connectivity index (χ1n) is 8.49. The van der Waals surface area contributed by atoms with Gasteiger partial charge in [0.05, 0.1) is 0 Å². The summed E-state index contributed by atoms with van der Waals surface area (Å²) in [6.07, 6.45) is 1.72. The van der Waals surface area contributed by atoms with Crippen LogP contribution in [0.15, 0.2) is 29.6 Å². The Hall–Kier alpha value is -2.21. The number of hydrogen-bond acceptors (Lipinski definition) is 4. The highest BCUT2D eigenvalue weighted by Crippen LogP contribution is 2.32. The quantitative estimate of drug-likeness (QED) is 0.847. The Labute approximate surface area is 151 Å². The minimum atomic E-state index is -0.986. The maximum atomic E-state index is 12.8. The Morgan fingerprint density at radius 1 is 1.20 bits per heavy atom. The minimum absolute atomic E-state index is 0.0223. The second-order valence-electron chi connectivity index (χ2n) is 6.77. The van der Waals surface area contributed by atoms with E-state index in [2.05, 4.69) is 31.0 Å². The van der Waals surface area contributed by atoms with Crippen LogP contribution in [0.1, 0.15) is 55.6 Å². The second-order valence-corrected chi connectivity index (χ2v) is 7.63. The molecule has 1 N–H and O–H groups in total. The highest BCUT2D eigenvalue weighted by molar-refractivity contribution is 7.13. The minimum Gasteiger partial charge on any atom is -0.480 e. The van der Waals surface area contributed by atoms with Crippen molar-refractivity contribution in [3.63, 3.8) is 0 Å². The summed E-state index contributed by atoms with van der Waals surface area (Å²) in [6, 6.07) is 7.37. The van der Waals surface area contributed by atoms with E-state index in [1.165, 1.54) is 21.8 Å². The molecular weight excluding hydrogens is 336 g/mol. The number of carbonyl (C=O) groups is 2. The summed E-state index contributed by atoms with van der Waals surface area (Å²) in [6.45, 7) is 5.84. The molecule has 1 aromatic heterocycles. The molecule has 5 nitrogen and oxygen atoms in total. The van der Waals surface area contributed by atoms with E-state index in [1.54, 1.807) is 12.3 Å². The third kappa shape index (κ3) is 3.74. The molecule has 3 rings (SSSR count). The largest absolute Gasteiger partial charge is 0.480 e. The predicted octanol–water partition coefficient (Wildman–Crippen LogP) is 4.01. The van der Waals surface area contributed by atoms with Gasteiger partial charge in [0.1, 0.15) is 16.7 Å². The molecule has 0 spiro atoms. The van der Waals surface area contributed by atoms with Crippen molar-refractivity contribution >= 4 is 23.2 Å². The van der Waals surface area contributed by atoms with Crippen molar-refractivity contribution in [2.75, 3.05) is 0 Å². The van der Waals surface area contributed by atoms with Gasteiger partial charge in [-0.1, -0.05) is 38.1 Å². The van der Waals surface area contributed by atoms with E-state index in [0.29, 0.717) is 11.6 Å². The Morgan fingerprint density at radius 2 is 1.84 bits per heavy atom. The lowest BCUT2D eigenvalue weighted by Crippen LogP contribution is -2.44. The molecule has 1 aliphatic carbocycles. The number of carboxylic acids is 1. The van der Waals surface area contributed by atoms with E-state index < -0.39 is 12.0 Å². The van der Waals surface area contributed by atoms with Crippen LogP contribution in [0.3, 0.4) is 0 Å². The van der Waals surface area contributed by atoms with Crippen LogP contribution in [-0.4, -0.2) is 39.0 Å². The van der Waals surface area contributed by atoms with Crippen LogP contribution in [0.4, 0.5) is 0 Å². The molecule has 1 amide bonds. The number of aliphatic carboxylic acids is 1. The summed E-state index contributed by atoms with van der Waals surface area (Å²) in [5, 5.41) is 11.8. The molecule has 1 unspecified atom stereocenters. The lowest BCUT2D eigenvalue weighted by Gasteiger charge is -2.25. The Bertz CT molecular complexity index is 778. The number of carboxylic acid groups (broad SMARTS) is 1. The smallest absolute Gasteiger partial charge is 0.326 e. The van der Waals surface area contributed by atoms with Gasteiger partial charge in [0, 0.05) is 17.0 Å². The van der Waals surface area contributed by atoms with Crippen LogP contribution in [0.2, 0.25) is 0 Å². The molecule has 1 saturated carbocycles. The van der Waals surface area contributed by atoms with Crippen LogP contribution < -0.4 is 0 Å². The van der Waals surface area contributed by atoms with Crippen LogP contribution in [0.25, 0.3) is 10.6 Å². The normalized spacial score (nSPS) is 15.2. The summed E-state index contributed by atoms with van der Waals surface area (Å²) >= 11 is 1.41. The number of aromatic nitrogens is 1. The van der Waals surface area contributed by atoms with Gasteiger partial charge in [-0.15, -0.1) is 11.3 Å². The summed E-state index contributed by atoms with van der Waals surface area (Å²) in [5.74, 6) is -0.814. The van der Waals surface area contributed by atoms with E-state index in [9.17, 15) is 14.7 Å². The van der Waals surface area contributed by atoms with Crippen LogP contribution in [0.5, 0.6) is 0 Å². The number of amides is 1. The maximum absolute atomic E-state index is 12.8. The SMILES string of the molecule is CC(C)c1ccc(-c2nc(C(=O)N(C3CC3)C(C)C(=O)O)cs2)cc1. The zero-order valence-electron chi connectivity index (χ0n) is 14.6. The number of carbonyl (C=O) groups excluding carboxylic acids is 1. The first-order chi connectivity index (χ1) is 11.9. The van der Waals surface area contributed by atoms with Crippen molar-refractivity contribution < 1.29 is 14.7 Å². The fourth-order valence-electron chi connectivity index (χ4n) is 2.78. The molecule has 0 aliphatic heterocycles. The molecule has 6 heteroatoms. The summed E-state index contributed by atoms with van der Waals surface area (Å²) in [5.41, 5.74) is 2.55. The van der Waals surface area contributed by atoms with Crippen LogP contribution in [0, 0.1) is 0 Å². The van der Waals surface area contributed by atoms with Gasteiger partial charge >= 0.3 is 5.97 Å². The molecule has 0 saturated heterocycles. The summed E-state index contributed by atoms with van der Waals surface area (Å²) in [7, 11) is 0. The van der Waals surface area contributed by atoms with Crippen LogP contribution in [-0.2, 0) is 4.79 Å². The zero-order chi connectivity index (χ0) is 18.1. The van der Waals surface area contributed by atoms with Crippen molar-refractivity contribution in [2.45, 2.75) is 51.6 Å². The molecule has 25 heavy (non-hydrogen) atoms. The standard InChI is InChI=1S/C19H22N2O3S/c1-11(2)13-4-6-14(7-5-13)17-20-16(10-25-17)18(22)21(15-8-9-15)12(3)19(23)24/h4-7,10-12,15H,8-9H2,1-3H3,(H,23,24). The first kappa shape index (κ1) is 17.6. The molecular formula is C19H22N2O3S. The molecule has 2 aromatic rings. The lowest BCUT2D eigenvalue weighted by molar-refractivity contribution is -0.141. The van der Waals surface area contributed by atoms with Gasteiger partial charge < -0.3 is 10.0 Å². The number of rotatable bonds is 6. The monoisotopic (exact) mass is 358 g/mol. The average molecular weight is 358 g/mol. The van der Waals surface area contributed by atoms with E-state index in [-0.39, 0.29) is 11.9 Å². The Kier molecular flexibility index (Phi) is 4.90. The van der Waals surface area contributed by atoms with E-state index in [0.717, 1.165) is 23.4 Å². The molecule has 1 aliphatic rings. The third-order valence-electron chi connectivity index (χ3n) is 4.50.